The molecule has 14 heavy (non-hydrogen) atoms. The average Bonchev–Trinajstić information content (AvgIpc) is 2.19. The van der Waals surface area contributed by atoms with Gasteiger partial charge in [-0.3, -0.25) is 4.79 Å². The van der Waals surface area contributed by atoms with Gasteiger partial charge in [0.05, 0.1) is 6.04 Å². The first kappa shape index (κ1) is 10.7. The van der Waals surface area contributed by atoms with Gasteiger partial charge in [0.25, 0.3) is 0 Å². The van der Waals surface area contributed by atoms with E-state index in [1.807, 2.05) is 37.3 Å². The highest BCUT2D eigenvalue weighted by molar-refractivity contribution is 5.80. The second-order valence-electron chi connectivity index (χ2n) is 3.32. The average molecular weight is 193 g/mol. The fourth-order valence-electron chi connectivity index (χ4n) is 1.16. The van der Waals surface area contributed by atoms with Gasteiger partial charge in [-0.1, -0.05) is 30.3 Å². The molecular weight excluding hydrogens is 178 g/mol. The van der Waals surface area contributed by atoms with Crippen molar-refractivity contribution in [1.29, 1.82) is 0 Å². The Morgan fingerprint density at radius 3 is 2.36 bits per heavy atom. The van der Waals surface area contributed by atoms with Gasteiger partial charge < -0.3 is 10.4 Å². The minimum atomic E-state index is -0.957. The number of rotatable bonds is 3. The van der Waals surface area contributed by atoms with Crippen LogP contribution in [0.1, 0.15) is 25.5 Å². The van der Waals surface area contributed by atoms with Crippen molar-refractivity contribution in [2.24, 2.45) is 0 Å². The molecule has 0 bridgehead atoms. The summed E-state index contributed by atoms with van der Waals surface area (Å²) >= 11 is 0. The monoisotopic (exact) mass is 193 g/mol. The molecule has 76 valence electrons. The molecule has 0 aliphatic carbocycles. The van der Waals surface area contributed by atoms with Gasteiger partial charge in [0.15, 0.2) is 0 Å². The van der Waals surface area contributed by atoms with E-state index in [9.17, 15) is 4.79 Å². The number of carbonyl (C=O) groups is 1. The van der Waals surface area contributed by atoms with Gasteiger partial charge in [0.2, 0.25) is 5.91 Å². The zero-order chi connectivity index (χ0) is 10.6. The summed E-state index contributed by atoms with van der Waals surface area (Å²) in [6.07, 6.45) is -0.957. The predicted molar refractivity (Wildman–Crippen MR) is 54.7 cm³/mol. The zero-order valence-corrected chi connectivity index (χ0v) is 8.40. The van der Waals surface area contributed by atoms with Gasteiger partial charge in [-0.2, -0.15) is 0 Å². The fourth-order valence-corrected chi connectivity index (χ4v) is 1.16. The summed E-state index contributed by atoms with van der Waals surface area (Å²) < 4.78 is 0. The molecule has 1 aromatic carbocycles. The summed E-state index contributed by atoms with van der Waals surface area (Å²) in [4.78, 5) is 11.2. The molecule has 0 fully saturated rings. The topological polar surface area (TPSA) is 49.3 Å². The molecular formula is C11H15NO2. The maximum atomic E-state index is 11.2. The Balaban J connectivity index is 2.59. The molecule has 1 amide bonds. The van der Waals surface area contributed by atoms with Crippen molar-refractivity contribution < 1.29 is 9.90 Å². The van der Waals surface area contributed by atoms with E-state index in [0.717, 1.165) is 5.56 Å². The lowest BCUT2D eigenvalue weighted by molar-refractivity contribution is -0.129. The number of aliphatic hydroxyl groups excluding tert-OH is 1. The fraction of sp³-hybridized carbons (Fsp3) is 0.364. The molecule has 1 rings (SSSR count). The minimum absolute atomic E-state index is 0.0710. The number of hydrogen-bond acceptors (Lipinski definition) is 2. The molecule has 0 aromatic heterocycles. The van der Waals surface area contributed by atoms with Gasteiger partial charge in [-0.25, -0.2) is 0 Å². The highest BCUT2D eigenvalue weighted by Crippen LogP contribution is 2.10. The van der Waals surface area contributed by atoms with Gasteiger partial charge in [-0.05, 0) is 19.4 Å². The molecule has 0 saturated carbocycles. The van der Waals surface area contributed by atoms with E-state index in [1.165, 1.54) is 6.92 Å². The van der Waals surface area contributed by atoms with E-state index in [0.29, 0.717) is 0 Å². The Morgan fingerprint density at radius 2 is 1.86 bits per heavy atom. The van der Waals surface area contributed by atoms with Crippen molar-refractivity contribution in [3.63, 3.8) is 0 Å². The van der Waals surface area contributed by atoms with Crippen LogP contribution in [0, 0.1) is 0 Å². The van der Waals surface area contributed by atoms with Crippen molar-refractivity contribution in [3.8, 4) is 0 Å². The quantitative estimate of drug-likeness (QED) is 0.759. The third-order valence-electron chi connectivity index (χ3n) is 2.04. The van der Waals surface area contributed by atoms with Crippen LogP contribution < -0.4 is 5.32 Å². The second-order valence-corrected chi connectivity index (χ2v) is 3.32. The van der Waals surface area contributed by atoms with Crippen LogP contribution in [0.2, 0.25) is 0 Å². The highest BCUT2D eigenvalue weighted by atomic mass is 16.3. The first-order valence-electron chi connectivity index (χ1n) is 4.64. The van der Waals surface area contributed by atoms with Gasteiger partial charge in [0, 0.05) is 0 Å². The predicted octanol–water partition coefficient (Wildman–Crippen LogP) is 1.24. The molecule has 0 spiro atoms. The lowest BCUT2D eigenvalue weighted by Crippen LogP contribution is -2.34. The molecule has 0 aliphatic heterocycles. The first-order chi connectivity index (χ1) is 6.61. The third kappa shape index (κ3) is 2.85. The minimum Gasteiger partial charge on any atom is -0.384 e. The SMILES string of the molecule is C[C@@H](O)C(=O)N[C@H](C)c1ccccc1. The number of aliphatic hydroxyl groups is 1. The van der Waals surface area contributed by atoms with Gasteiger partial charge in [0.1, 0.15) is 6.10 Å². The van der Waals surface area contributed by atoms with Crippen LogP contribution >= 0.6 is 0 Å². The van der Waals surface area contributed by atoms with E-state index in [-0.39, 0.29) is 11.9 Å². The molecule has 3 nitrogen and oxygen atoms in total. The maximum absolute atomic E-state index is 11.2. The van der Waals surface area contributed by atoms with Crippen LogP contribution in [0.5, 0.6) is 0 Å². The number of nitrogens with one attached hydrogen (secondary N) is 1. The number of carbonyl (C=O) groups excluding carboxylic acids is 1. The molecule has 0 aliphatic rings. The van der Waals surface area contributed by atoms with Crippen molar-refractivity contribution in [3.05, 3.63) is 35.9 Å². The van der Waals surface area contributed by atoms with E-state index in [4.69, 9.17) is 5.11 Å². The number of hydrogen-bond donors (Lipinski definition) is 2. The normalized spacial score (nSPS) is 14.5. The highest BCUT2D eigenvalue weighted by Gasteiger charge is 2.12. The smallest absolute Gasteiger partial charge is 0.249 e. The van der Waals surface area contributed by atoms with Crippen LogP contribution in [0.25, 0.3) is 0 Å². The Hall–Kier alpha value is -1.35. The van der Waals surface area contributed by atoms with E-state index < -0.39 is 6.10 Å². The largest absolute Gasteiger partial charge is 0.384 e. The summed E-state index contributed by atoms with van der Waals surface area (Å²) in [7, 11) is 0. The molecule has 0 radical (unpaired) electrons. The van der Waals surface area contributed by atoms with E-state index in [1.54, 1.807) is 0 Å². The lowest BCUT2D eigenvalue weighted by Gasteiger charge is -2.15. The molecule has 2 atom stereocenters. The Labute approximate surface area is 83.8 Å². The number of benzene rings is 1. The lowest BCUT2D eigenvalue weighted by atomic mass is 10.1. The molecule has 0 heterocycles. The van der Waals surface area contributed by atoms with Crippen LogP contribution in [-0.4, -0.2) is 17.1 Å². The third-order valence-corrected chi connectivity index (χ3v) is 2.04. The molecule has 2 N–H and O–H groups in total. The van der Waals surface area contributed by atoms with Crippen molar-refractivity contribution in [2.45, 2.75) is 26.0 Å². The van der Waals surface area contributed by atoms with Crippen molar-refractivity contribution in [1.82, 2.24) is 5.32 Å². The van der Waals surface area contributed by atoms with Crippen LogP contribution in [0.3, 0.4) is 0 Å². The van der Waals surface area contributed by atoms with Crippen molar-refractivity contribution in [2.75, 3.05) is 0 Å². The van der Waals surface area contributed by atoms with Crippen LogP contribution in [0.4, 0.5) is 0 Å². The van der Waals surface area contributed by atoms with Crippen LogP contribution in [0.15, 0.2) is 30.3 Å². The second kappa shape index (κ2) is 4.77. The molecule has 1 aromatic rings. The Morgan fingerprint density at radius 1 is 1.29 bits per heavy atom. The maximum Gasteiger partial charge on any atom is 0.249 e. The number of amides is 1. The van der Waals surface area contributed by atoms with E-state index >= 15 is 0 Å². The summed E-state index contributed by atoms with van der Waals surface area (Å²) in [6.45, 7) is 3.34. The van der Waals surface area contributed by atoms with Gasteiger partial charge >= 0.3 is 0 Å². The summed E-state index contributed by atoms with van der Waals surface area (Å²) in [5, 5.41) is 11.7. The zero-order valence-electron chi connectivity index (χ0n) is 8.40. The van der Waals surface area contributed by atoms with E-state index in [2.05, 4.69) is 5.32 Å². The summed E-state index contributed by atoms with van der Waals surface area (Å²) in [5.74, 6) is -0.346. The molecule has 0 unspecified atom stereocenters. The summed E-state index contributed by atoms with van der Waals surface area (Å²) in [5.41, 5.74) is 1.03. The molecule has 0 saturated heterocycles. The van der Waals surface area contributed by atoms with Crippen molar-refractivity contribution >= 4 is 5.91 Å². The Kier molecular flexibility index (Phi) is 3.65. The standard InChI is InChI=1S/C11H15NO2/c1-8(12-11(14)9(2)13)10-6-4-3-5-7-10/h3-9,13H,1-2H3,(H,12,14)/t8-,9-/m1/s1. The van der Waals surface area contributed by atoms with Crippen LogP contribution in [-0.2, 0) is 4.79 Å². The first-order valence-corrected chi connectivity index (χ1v) is 4.64. The summed E-state index contributed by atoms with van der Waals surface area (Å²) in [6, 6.07) is 9.56. The Bertz CT molecular complexity index is 295. The van der Waals surface area contributed by atoms with Gasteiger partial charge in [-0.15, -0.1) is 0 Å². The molecule has 3 heteroatoms.